The minimum absolute atomic E-state index is 0.0825. The topological polar surface area (TPSA) is 41.1 Å². The first kappa shape index (κ1) is 14.6. The molecule has 0 radical (unpaired) electrons. The summed E-state index contributed by atoms with van der Waals surface area (Å²) < 4.78 is 1.07. The second kappa shape index (κ2) is 7.70. The van der Waals surface area contributed by atoms with E-state index in [-0.39, 0.29) is 6.03 Å². The van der Waals surface area contributed by atoms with Crippen LogP contribution in [0.1, 0.15) is 37.0 Å². The van der Waals surface area contributed by atoms with Crippen molar-refractivity contribution in [1.29, 1.82) is 0 Å². The van der Waals surface area contributed by atoms with Crippen LogP contribution in [0.5, 0.6) is 0 Å². The molecular formula is C14H19BrN2OS. The summed E-state index contributed by atoms with van der Waals surface area (Å²) in [5.41, 5.74) is 1.49. The van der Waals surface area contributed by atoms with E-state index in [2.05, 4.69) is 32.6 Å². The van der Waals surface area contributed by atoms with Crippen molar-refractivity contribution >= 4 is 33.3 Å². The molecule has 2 amide bonds. The van der Waals surface area contributed by atoms with E-state index in [1.165, 1.54) is 31.3 Å². The van der Waals surface area contributed by atoms with Crippen molar-refractivity contribution in [1.82, 2.24) is 10.6 Å². The lowest BCUT2D eigenvalue weighted by Gasteiger charge is -2.13. The van der Waals surface area contributed by atoms with Crippen LogP contribution in [-0.2, 0) is 6.54 Å². The first-order valence-electron chi connectivity index (χ1n) is 6.66. The maximum Gasteiger partial charge on any atom is 0.315 e. The number of hydrogen-bond donors (Lipinski definition) is 2. The molecule has 0 saturated carbocycles. The van der Waals surface area contributed by atoms with Gasteiger partial charge in [-0.1, -0.05) is 11.6 Å². The summed E-state index contributed by atoms with van der Waals surface area (Å²) in [6.45, 7) is 1.32. The molecule has 2 rings (SSSR count). The van der Waals surface area contributed by atoms with Crippen LogP contribution in [0.3, 0.4) is 0 Å². The molecule has 0 aromatic carbocycles. The van der Waals surface area contributed by atoms with Gasteiger partial charge in [-0.3, -0.25) is 0 Å². The van der Waals surface area contributed by atoms with E-state index >= 15 is 0 Å². The van der Waals surface area contributed by atoms with Gasteiger partial charge in [0.05, 0.1) is 6.54 Å². The van der Waals surface area contributed by atoms with Gasteiger partial charge < -0.3 is 10.6 Å². The van der Waals surface area contributed by atoms with Gasteiger partial charge in [0.1, 0.15) is 0 Å². The van der Waals surface area contributed by atoms with Crippen molar-refractivity contribution in [3.63, 3.8) is 0 Å². The van der Waals surface area contributed by atoms with Crippen molar-refractivity contribution in [2.24, 2.45) is 0 Å². The molecule has 1 aliphatic rings. The number of nitrogens with one attached hydrogen (secondary N) is 2. The molecule has 1 aromatic heterocycles. The average Bonchev–Trinajstić information content (AvgIpc) is 2.83. The fourth-order valence-corrected chi connectivity index (χ4v) is 3.54. The molecule has 104 valence electrons. The van der Waals surface area contributed by atoms with E-state index < -0.39 is 0 Å². The van der Waals surface area contributed by atoms with Gasteiger partial charge in [0.25, 0.3) is 0 Å². The number of halogens is 1. The van der Waals surface area contributed by atoms with Gasteiger partial charge in [0.2, 0.25) is 0 Å². The van der Waals surface area contributed by atoms with Crippen LogP contribution in [0.15, 0.2) is 27.6 Å². The molecule has 0 atom stereocenters. The maximum atomic E-state index is 11.6. The Morgan fingerprint density at radius 1 is 1.37 bits per heavy atom. The van der Waals surface area contributed by atoms with Crippen LogP contribution in [-0.4, -0.2) is 12.6 Å². The smallest absolute Gasteiger partial charge is 0.315 e. The molecule has 19 heavy (non-hydrogen) atoms. The van der Waals surface area contributed by atoms with E-state index in [9.17, 15) is 4.79 Å². The highest BCUT2D eigenvalue weighted by Crippen LogP contribution is 2.20. The molecule has 0 unspecified atom stereocenters. The number of rotatable bonds is 5. The predicted octanol–water partition coefficient (Wildman–Crippen LogP) is 4.20. The number of carbonyl (C=O) groups is 1. The summed E-state index contributed by atoms with van der Waals surface area (Å²) in [6, 6.07) is 1.94. The first-order chi connectivity index (χ1) is 9.24. The number of urea groups is 1. The molecule has 0 fully saturated rings. The Bertz CT molecular complexity index is 456. The Kier molecular flexibility index (Phi) is 5.92. The lowest BCUT2D eigenvalue weighted by atomic mass is 9.97. The van der Waals surface area contributed by atoms with Gasteiger partial charge in [0.15, 0.2) is 0 Å². The van der Waals surface area contributed by atoms with Crippen molar-refractivity contribution in [3.05, 3.63) is 32.4 Å². The van der Waals surface area contributed by atoms with Crippen LogP contribution >= 0.6 is 27.3 Å². The van der Waals surface area contributed by atoms with E-state index in [1.807, 2.05) is 11.4 Å². The third kappa shape index (κ3) is 5.37. The van der Waals surface area contributed by atoms with Gasteiger partial charge in [-0.05, 0) is 54.1 Å². The Balaban J connectivity index is 1.60. The normalized spacial score (nSPS) is 14.9. The quantitative estimate of drug-likeness (QED) is 0.773. The van der Waals surface area contributed by atoms with Crippen LogP contribution in [0.2, 0.25) is 0 Å². The molecule has 0 saturated heterocycles. The average molecular weight is 343 g/mol. The van der Waals surface area contributed by atoms with Crippen LogP contribution < -0.4 is 10.6 Å². The zero-order valence-corrected chi connectivity index (χ0v) is 13.3. The number of amides is 2. The highest BCUT2D eigenvalue weighted by molar-refractivity contribution is 9.10. The largest absolute Gasteiger partial charge is 0.338 e. The molecule has 2 N–H and O–H groups in total. The van der Waals surface area contributed by atoms with Gasteiger partial charge in [0, 0.05) is 21.3 Å². The second-order valence-corrected chi connectivity index (χ2v) is 6.61. The van der Waals surface area contributed by atoms with Crippen LogP contribution in [0.4, 0.5) is 4.79 Å². The Hall–Kier alpha value is -0.810. The fraction of sp³-hybridized carbons (Fsp3) is 0.500. The maximum absolute atomic E-state index is 11.6. The van der Waals surface area contributed by atoms with Crippen LogP contribution in [0.25, 0.3) is 0 Å². The van der Waals surface area contributed by atoms with Crippen molar-refractivity contribution < 1.29 is 4.79 Å². The summed E-state index contributed by atoms with van der Waals surface area (Å²) in [6.07, 6.45) is 8.32. The summed E-state index contributed by atoms with van der Waals surface area (Å²) in [7, 11) is 0. The second-order valence-electron chi connectivity index (χ2n) is 4.70. The molecule has 0 spiro atoms. The minimum Gasteiger partial charge on any atom is -0.338 e. The van der Waals surface area contributed by atoms with E-state index in [1.54, 1.807) is 11.3 Å². The third-order valence-corrected chi connectivity index (χ3v) is 4.86. The summed E-state index contributed by atoms with van der Waals surface area (Å²) in [4.78, 5) is 12.8. The third-order valence-electron chi connectivity index (χ3n) is 3.16. The van der Waals surface area contributed by atoms with Crippen molar-refractivity contribution in [2.45, 2.75) is 38.6 Å². The van der Waals surface area contributed by atoms with Gasteiger partial charge >= 0.3 is 6.03 Å². The van der Waals surface area contributed by atoms with Crippen molar-refractivity contribution in [2.75, 3.05) is 6.54 Å². The zero-order chi connectivity index (χ0) is 13.5. The van der Waals surface area contributed by atoms with Gasteiger partial charge in [-0.2, -0.15) is 0 Å². The first-order valence-corrected chi connectivity index (χ1v) is 8.34. The molecular weight excluding hydrogens is 324 g/mol. The zero-order valence-electron chi connectivity index (χ0n) is 10.9. The monoisotopic (exact) mass is 342 g/mol. The number of thiophene rings is 1. The number of carbonyl (C=O) groups excluding carboxylic acids is 1. The molecule has 1 aromatic rings. The summed E-state index contributed by atoms with van der Waals surface area (Å²) >= 11 is 5.04. The highest BCUT2D eigenvalue weighted by Gasteiger charge is 2.05. The predicted molar refractivity (Wildman–Crippen MR) is 83.4 cm³/mol. The molecule has 1 heterocycles. The molecule has 3 nitrogen and oxygen atoms in total. The van der Waals surface area contributed by atoms with Gasteiger partial charge in [-0.25, -0.2) is 4.79 Å². The molecule has 5 heteroatoms. The lowest BCUT2D eigenvalue weighted by molar-refractivity contribution is 0.240. The van der Waals surface area contributed by atoms with E-state index in [0.717, 1.165) is 22.3 Å². The van der Waals surface area contributed by atoms with Crippen molar-refractivity contribution in [3.8, 4) is 0 Å². The Morgan fingerprint density at radius 3 is 2.95 bits per heavy atom. The minimum atomic E-state index is -0.0825. The van der Waals surface area contributed by atoms with Gasteiger partial charge in [-0.15, -0.1) is 11.3 Å². The highest BCUT2D eigenvalue weighted by atomic mass is 79.9. The molecule has 0 bridgehead atoms. The van der Waals surface area contributed by atoms with Crippen LogP contribution in [0, 0.1) is 0 Å². The molecule has 0 aliphatic heterocycles. The number of hydrogen-bond acceptors (Lipinski definition) is 2. The Labute approximate surface area is 126 Å². The summed E-state index contributed by atoms with van der Waals surface area (Å²) in [5.74, 6) is 0. The standard InChI is InChI=1S/C14H19BrN2OS/c15-12-8-13(19-10-12)9-17-14(18)16-7-6-11-4-2-1-3-5-11/h4,8,10H,1-3,5-7,9H2,(H2,16,17,18). The lowest BCUT2D eigenvalue weighted by Crippen LogP contribution is -2.35. The van der Waals surface area contributed by atoms with E-state index in [0.29, 0.717) is 6.54 Å². The summed E-state index contributed by atoms with van der Waals surface area (Å²) in [5, 5.41) is 7.80. The SMILES string of the molecule is O=C(NCCC1=CCCCC1)NCc1cc(Br)cs1. The number of allylic oxidation sites excluding steroid dienone is 1. The fourth-order valence-electron chi connectivity index (χ4n) is 2.14. The Morgan fingerprint density at radius 2 is 2.26 bits per heavy atom. The molecule has 1 aliphatic carbocycles. The van der Waals surface area contributed by atoms with E-state index in [4.69, 9.17) is 0 Å².